The Hall–Kier alpha value is -1.06. The molecule has 0 aromatic rings. The smallest absolute Gasteiger partial charge is 0.241 e. The molecule has 0 unspecified atom stereocenters. The summed E-state index contributed by atoms with van der Waals surface area (Å²) in [5.41, 5.74) is 0. The van der Waals surface area contributed by atoms with E-state index in [-0.39, 0.29) is 24.4 Å². The van der Waals surface area contributed by atoms with E-state index in [1.54, 1.807) is 16.8 Å². The van der Waals surface area contributed by atoms with E-state index < -0.39 is 0 Å². The van der Waals surface area contributed by atoms with Gasteiger partial charge in [-0.3, -0.25) is 9.59 Å². The molecular formula is C12H24N2O2. The first-order chi connectivity index (χ1) is 7.40. The number of hydrogen-bond donors (Lipinski definition) is 0. The Balaban J connectivity index is 4.24. The third-order valence-corrected chi connectivity index (χ3v) is 2.61. The lowest BCUT2D eigenvalue weighted by Gasteiger charge is -2.27. The quantitative estimate of drug-likeness (QED) is 0.691. The van der Waals surface area contributed by atoms with E-state index in [2.05, 4.69) is 6.92 Å². The van der Waals surface area contributed by atoms with Crippen LogP contribution in [0.2, 0.25) is 0 Å². The fraction of sp³-hybridized carbons (Fsp3) is 0.833. The maximum absolute atomic E-state index is 11.8. The van der Waals surface area contributed by atoms with Crippen LogP contribution in [0.25, 0.3) is 0 Å². The molecule has 0 aliphatic heterocycles. The molecule has 0 aliphatic rings. The fourth-order valence-corrected chi connectivity index (χ4v) is 1.44. The van der Waals surface area contributed by atoms with Crippen LogP contribution >= 0.6 is 0 Å². The molecule has 4 nitrogen and oxygen atoms in total. The topological polar surface area (TPSA) is 40.6 Å². The van der Waals surface area contributed by atoms with Gasteiger partial charge in [0.05, 0.1) is 6.54 Å². The number of carbonyl (C=O) groups is 2. The van der Waals surface area contributed by atoms with Gasteiger partial charge in [0.15, 0.2) is 0 Å². The maximum Gasteiger partial charge on any atom is 0.241 e. The molecule has 2 amide bonds. The lowest BCUT2D eigenvalue weighted by molar-refractivity contribution is -0.140. The molecule has 0 rings (SSSR count). The first-order valence-corrected chi connectivity index (χ1v) is 5.91. The summed E-state index contributed by atoms with van der Waals surface area (Å²) in [6.07, 6.45) is 2.07. The van der Waals surface area contributed by atoms with Crippen LogP contribution in [0.15, 0.2) is 0 Å². The summed E-state index contributed by atoms with van der Waals surface area (Å²) in [6.45, 7) is 8.38. The summed E-state index contributed by atoms with van der Waals surface area (Å²) < 4.78 is 0. The van der Waals surface area contributed by atoms with Gasteiger partial charge in [-0.05, 0) is 20.3 Å². The van der Waals surface area contributed by atoms with Gasteiger partial charge in [-0.15, -0.1) is 0 Å². The molecule has 0 heterocycles. The third-order valence-electron chi connectivity index (χ3n) is 2.61. The molecule has 94 valence electrons. The normalized spacial score (nSPS) is 10.4. The van der Waals surface area contributed by atoms with Crippen molar-refractivity contribution in [2.75, 3.05) is 20.1 Å². The maximum atomic E-state index is 11.8. The third kappa shape index (κ3) is 5.14. The first-order valence-electron chi connectivity index (χ1n) is 5.91. The zero-order chi connectivity index (χ0) is 12.7. The highest BCUT2D eigenvalue weighted by molar-refractivity contribution is 5.83. The van der Waals surface area contributed by atoms with Crippen molar-refractivity contribution >= 4 is 11.8 Å². The molecule has 0 saturated carbocycles. The second-order valence-corrected chi connectivity index (χ2v) is 4.41. The molecule has 0 aromatic carbocycles. The Morgan fingerprint density at radius 3 is 2.19 bits per heavy atom. The summed E-state index contributed by atoms with van der Waals surface area (Å²) in [6, 6.07) is 0.0704. The van der Waals surface area contributed by atoms with Gasteiger partial charge in [0.25, 0.3) is 0 Å². The van der Waals surface area contributed by atoms with Gasteiger partial charge in [-0.25, -0.2) is 0 Å². The molecule has 0 atom stereocenters. The van der Waals surface area contributed by atoms with Crippen molar-refractivity contribution in [3.63, 3.8) is 0 Å². The molecule has 4 heteroatoms. The molecule has 0 aliphatic carbocycles. The van der Waals surface area contributed by atoms with Crippen molar-refractivity contribution in [2.45, 2.75) is 46.6 Å². The van der Waals surface area contributed by atoms with E-state index in [1.165, 1.54) is 6.92 Å². The summed E-state index contributed by atoms with van der Waals surface area (Å²) in [7, 11) is 1.79. The lowest BCUT2D eigenvalue weighted by Crippen LogP contribution is -2.44. The molecule has 16 heavy (non-hydrogen) atoms. The van der Waals surface area contributed by atoms with Gasteiger partial charge in [0, 0.05) is 26.6 Å². The Labute approximate surface area is 98.6 Å². The van der Waals surface area contributed by atoms with Crippen molar-refractivity contribution in [3.05, 3.63) is 0 Å². The molecule has 0 bridgehead atoms. The van der Waals surface area contributed by atoms with Crippen molar-refractivity contribution < 1.29 is 9.59 Å². The van der Waals surface area contributed by atoms with Crippen molar-refractivity contribution in [1.29, 1.82) is 0 Å². The second kappa shape index (κ2) is 7.25. The van der Waals surface area contributed by atoms with E-state index in [9.17, 15) is 9.59 Å². The highest BCUT2D eigenvalue weighted by atomic mass is 16.2. The van der Waals surface area contributed by atoms with Gasteiger partial charge >= 0.3 is 0 Å². The average molecular weight is 228 g/mol. The summed E-state index contributed by atoms with van der Waals surface area (Å²) >= 11 is 0. The molecule has 0 saturated heterocycles. The zero-order valence-corrected chi connectivity index (χ0v) is 11.1. The molecule has 0 N–H and O–H groups in total. The Bertz CT molecular complexity index is 239. The van der Waals surface area contributed by atoms with E-state index in [0.717, 1.165) is 19.4 Å². The van der Waals surface area contributed by atoms with E-state index in [0.29, 0.717) is 0 Å². The van der Waals surface area contributed by atoms with Gasteiger partial charge < -0.3 is 9.80 Å². The molecular weight excluding hydrogens is 204 g/mol. The molecule has 0 spiro atoms. The molecule has 0 aromatic heterocycles. The molecule has 0 radical (unpaired) electrons. The lowest BCUT2D eigenvalue weighted by atomic mass is 10.3. The van der Waals surface area contributed by atoms with Gasteiger partial charge in [0.2, 0.25) is 11.8 Å². The minimum Gasteiger partial charge on any atom is -0.344 e. The zero-order valence-electron chi connectivity index (χ0n) is 11.1. The van der Waals surface area contributed by atoms with Crippen molar-refractivity contribution in [3.8, 4) is 0 Å². The van der Waals surface area contributed by atoms with Crippen LogP contribution in [0.3, 0.4) is 0 Å². The number of likely N-dealkylation sites (N-methyl/N-ethyl adjacent to an activating group) is 1. The van der Waals surface area contributed by atoms with Gasteiger partial charge in [-0.1, -0.05) is 13.3 Å². The van der Waals surface area contributed by atoms with Gasteiger partial charge in [-0.2, -0.15) is 0 Å². The first kappa shape index (κ1) is 14.9. The fourth-order valence-electron chi connectivity index (χ4n) is 1.44. The number of unbranched alkanes of at least 4 members (excludes halogenated alkanes) is 1. The predicted molar refractivity (Wildman–Crippen MR) is 65.1 cm³/mol. The monoisotopic (exact) mass is 228 g/mol. The summed E-state index contributed by atoms with van der Waals surface area (Å²) in [5.74, 6) is -0.0374. The van der Waals surface area contributed by atoms with Crippen LogP contribution < -0.4 is 0 Å². The standard InChI is InChI=1S/C12H24N2O2/c1-6-7-8-13(5)12(16)9-14(10(2)3)11(4)15/h10H,6-9H2,1-5H3. The van der Waals surface area contributed by atoms with Crippen LogP contribution in [-0.4, -0.2) is 47.8 Å². The predicted octanol–water partition coefficient (Wildman–Crippen LogP) is 1.50. The highest BCUT2D eigenvalue weighted by Crippen LogP contribution is 2.01. The number of hydrogen-bond acceptors (Lipinski definition) is 2. The van der Waals surface area contributed by atoms with Crippen molar-refractivity contribution in [2.24, 2.45) is 0 Å². The number of rotatable bonds is 6. The summed E-state index contributed by atoms with van der Waals surface area (Å²) in [5, 5.41) is 0. The average Bonchev–Trinajstić information content (AvgIpc) is 2.20. The minimum atomic E-state index is -0.0489. The van der Waals surface area contributed by atoms with E-state index >= 15 is 0 Å². The van der Waals surface area contributed by atoms with E-state index in [1.807, 2.05) is 13.8 Å². The minimum absolute atomic E-state index is 0.0114. The number of amides is 2. The number of nitrogens with zero attached hydrogens (tertiary/aromatic N) is 2. The summed E-state index contributed by atoms with van der Waals surface area (Å²) in [4.78, 5) is 26.4. The molecule has 0 fully saturated rings. The van der Waals surface area contributed by atoms with Crippen LogP contribution in [0, 0.1) is 0 Å². The van der Waals surface area contributed by atoms with Crippen LogP contribution in [0.1, 0.15) is 40.5 Å². The van der Waals surface area contributed by atoms with E-state index in [4.69, 9.17) is 0 Å². The Morgan fingerprint density at radius 2 is 1.81 bits per heavy atom. The highest BCUT2D eigenvalue weighted by Gasteiger charge is 2.18. The van der Waals surface area contributed by atoms with Crippen molar-refractivity contribution in [1.82, 2.24) is 9.80 Å². The second-order valence-electron chi connectivity index (χ2n) is 4.41. The van der Waals surface area contributed by atoms with Crippen LogP contribution in [0.4, 0.5) is 0 Å². The van der Waals surface area contributed by atoms with Crippen LogP contribution in [0.5, 0.6) is 0 Å². The number of carbonyl (C=O) groups excluding carboxylic acids is 2. The largest absolute Gasteiger partial charge is 0.344 e. The SMILES string of the molecule is CCCCN(C)C(=O)CN(C(C)=O)C(C)C. The Morgan fingerprint density at radius 1 is 1.25 bits per heavy atom. The Kier molecular flexibility index (Phi) is 6.77. The van der Waals surface area contributed by atoms with Gasteiger partial charge in [0.1, 0.15) is 0 Å². The van der Waals surface area contributed by atoms with Crippen LogP contribution in [-0.2, 0) is 9.59 Å².